The molecule has 0 unspecified atom stereocenters. The summed E-state index contributed by atoms with van der Waals surface area (Å²) in [6.07, 6.45) is 3.67. The third kappa shape index (κ3) is 4.35. The van der Waals surface area contributed by atoms with Crippen LogP contribution in [0, 0.1) is 5.82 Å². The quantitative estimate of drug-likeness (QED) is 0.277. The van der Waals surface area contributed by atoms with E-state index in [-0.39, 0.29) is 11.3 Å². The predicted molar refractivity (Wildman–Crippen MR) is 164 cm³/mol. The van der Waals surface area contributed by atoms with Crippen molar-refractivity contribution in [3.63, 3.8) is 0 Å². The molecule has 43 heavy (non-hydrogen) atoms. The van der Waals surface area contributed by atoms with Crippen molar-refractivity contribution in [3.8, 4) is 34.0 Å². The Kier molecular flexibility index (Phi) is 6.10. The fourth-order valence-electron chi connectivity index (χ4n) is 5.75. The summed E-state index contributed by atoms with van der Waals surface area (Å²) >= 11 is 0. The van der Waals surface area contributed by atoms with Gasteiger partial charge >= 0.3 is 0 Å². The number of sulfonamides is 1. The average molecular weight is 596 g/mol. The first-order valence-corrected chi connectivity index (χ1v) is 15.5. The summed E-state index contributed by atoms with van der Waals surface area (Å²) in [5.41, 5.74) is 7.13. The molecule has 6 aromatic rings. The summed E-state index contributed by atoms with van der Waals surface area (Å²) in [7, 11) is -0.710. The first-order chi connectivity index (χ1) is 20.6. The van der Waals surface area contributed by atoms with Gasteiger partial charge in [-0.05, 0) is 66.6 Å². The Morgan fingerprint density at radius 3 is 2.63 bits per heavy atom. The van der Waals surface area contributed by atoms with Gasteiger partial charge in [0.25, 0.3) is 5.91 Å². The molecule has 1 aliphatic rings. The van der Waals surface area contributed by atoms with E-state index in [1.807, 2.05) is 30.3 Å². The summed E-state index contributed by atoms with van der Waals surface area (Å²) in [5.74, 6) is -0.576. The van der Waals surface area contributed by atoms with Crippen LogP contribution < -0.4 is 9.62 Å². The van der Waals surface area contributed by atoms with Crippen molar-refractivity contribution in [1.82, 2.24) is 19.9 Å². The third-order valence-electron chi connectivity index (χ3n) is 7.98. The van der Waals surface area contributed by atoms with Crippen molar-refractivity contribution in [2.75, 3.05) is 24.7 Å². The van der Waals surface area contributed by atoms with Crippen LogP contribution in [0.4, 0.5) is 10.1 Å². The molecular formula is C32H26FN5O4S. The Balaban J connectivity index is 1.49. The second kappa shape index (κ2) is 9.77. The number of pyridine rings is 2. The molecule has 2 aromatic carbocycles. The highest BCUT2D eigenvalue weighted by atomic mass is 32.2. The summed E-state index contributed by atoms with van der Waals surface area (Å²) in [6, 6.07) is 18.8. The largest absolute Gasteiger partial charge is 0.455 e. The van der Waals surface area contributed by atoms with E-state index in [4.69, 9.17) is 9.40 Å². The van der Waals surface area contributed by atoms with E-state index in [1.165, 1.54) is 42.7 Å². The van der Waals surface area contributed by atoms with E-state index in [0.29, 0.717) is 33.5 Å². The molecule has 1 N–H and O–H groups in total. The summed E-state index contributed by atoms with van der Waals surface area (Å²) in [5, 5.41) is 3.13. The Morgan fingerprint density at radius 1 is 1.09 bits per heavy atom. The lowest BCUT2D eigenvalue weighted by atomic mass is 9.98. The van der Waals surface area contributed by atoms with E-state index in [9.17, 15) is 17.6 Å². The van der Waals surface area contributed by atoms with Gasteiger partial charge in [-0.25, -0.2) is 17.8 Å². The molecule has 0 bridgehead atoms. The van der Waals surface area contributed by atoms with Gasteiger partial charge in [-0.15, -0.1) is 0 Å². The van der Waals surface area contributed by atoms with Gasteiger partial charge in [-0.3, -0.25) is 14.1 Å². The molecule has 1 aliphatic heterocycles. The summed E-state index contributed by atoms with van der Waals surface area (Å²) in [6.45, 7) is 0.795. The van der Waals surface area contributed by atoms with E-state index in [0.717, 1.165) is 47.2 Å². The third-order valence-corrected chi connectivity index (χ3v) is 9.17. The molecule has 0 saturated heterocycles. The van der Waals surface area contributed by atoms with Crippen molar-refractivity contribution < 1.29 is 22.0 Å². The number of furan rings is 1. The number of hydrogen-bond acceptors (Lipinski definition) is 6. The number of amides is 1. The number of carbonyl (C=O) groups is 1. The van der Waals surface area contributed by atoms with Gasteiger partial charge in [0.15, 0.2) is 0 Å². The lowest BCUT2D eigenvalue weighted by Crippen LogP contribution is -2.25. The second-order valence-electron chi connectivity index (χ2n) is 10.5. The molecule has 4 aromatic heterocycles. The maximum atomic E-state index is 13.7. The standard InChI is InChI=1S/C32H26FN5O4S/c1-34-32(39)29-22-15-21(23-11-8-18-12-14-38-25-5-4-13-35-24(25)16-27(38)30(18)36-23)26(37(2)43(3,40)41)17-28(22)42-31(29)19-6-9-20(33)10-7-19/h4-11,13,15-17H,12,14H2,1-3H3,(H,34,39). The number of aryl methyl sites for hydroxylation is 2. The van der Waals surface area contributed by atoms with Crippen LogP contribution in [-0.2, 0) is 23.0 Å². The molecule has 1 amide bonds. The molecule has 0 spiro atoms. The fraction of sp³-hybridized carbons (Fsp3) is 0.156. The molecule has 216 valence electrons. The van der Waals surface area contributed by atoms with Crippen molar-refractivity contribution >= 4 is 43.6 Å². The molecule has 0 fully saturated rings. The monoisotopic (exact) mass is 595 g/mol. The molecule has 9 nitrogen and oxygen atoms in total. The highest BCUT2D eigenvalue weighted by Crippen LogP contribution is 2.42. The average Bonchev–Trinajstić information content (AvgIpc) is 3.58. The van der Waals surface area contributed by atoms with E-state index < -0.39 is 21.7 Å². The van der Waals surface area contributed by atoms with Crippen molar-refractivity contribution in [1.29, 1.82) is 0 Å². The highest BCUT2D eigenvalue weighted by Gasteiger charge is 2.27. The number of rotatable bonds is 5. The van der Waals surface area contributed by atoms with Crippen LogP contribution in [0.2, 0.25) is 0 Å². The van der Waals surface area contributed by atoms with E-state index in [1.54, 1.807) is 18.3 Å². The highest BCUT2D eigenvalue weighted by molar-refractivity contribution is 7.92. The maximum absolute atomic E-state index is 13.7. The van der Waals surface area contributed by atoms with Crippen LogP contribution in [0.25, 0.3) is 56.0 Å². The zero-order chi connectivity index (χ0) is 30.0. The number of carbonyl (C=O) groups excluding carboxylic acids is 1. The van der Waals surface area contributed by atoms with Gasteiger partial charge in [0.2, 0.25) is 10.0 Å². The Labute approximate surface area is 246 Å². The van der Waals surface area contributed by atoms with Gasteiger partial charge in [-0.1, -0.05) is 6.07 Å². The first-order valence-electron chi connectivity index (χ1n) is 13.6. The van der Waals surface area contributed by atoms with Gasteiger partial charge in [0.1, 0.15) is 17.2 Å². The number of fused-ring (bicyclic) bond motifs is 6. The van der Waals surface area contributed by atoms with Crippen LogP contribution in [0.3, 0.4) is 0 Å². The van der Waals surface area contributed by atoms with Crippen molar-refractivity contribution in [3.05, 3.63) is 89.9 Å². The molecule has 5 heterocycles. The number of nitrogens with one attached hydrogen (secondary N) is 1. The van der Waals surface area contributed by atoms with Crippen LogP contribution >= 0.6 is 0 Å². The normalized spacial score (nSPS) is 12.7. The van der Waals surface area contributed by atoms with Crippen LogP contribution in [-0.4, -0.2) is 49.2 Å². The van der Waals surface area contributed by atoms with Gasteiger partial charge in [0.05, 0.1) is 45.6 Å². The molecular weight excluding hydrogens is 569 g/mol. The lowest BCUT2D eigenvalue weighted by molar-refractivity contribution is 0.0964. The van der Waals surface area contributed by atoms with Gasteiger partial charge < -0.3 is 14.3 Å². The second-order valence-corrected chi connectivity index (χ2v) is 12.5. The zero-order valence-corrected chi connectivity index (χ0v) is 24.4. The fourth-order valence-corrected chi connectivity index (χ4v) is 6.26. The van der Waals surface area contributed by atoms with E-state index >= 15 is 0 Å². The topological polar surface area (TPSA) is 110 Å². The molecule has 0 saturated carbocycles. The number of nitrogens with zero attached hydrogens (tertiary/aromatic N) is 4. The Hall–Kier alpha value is -5.03. The summed E-state index contributed by atoms with van der Waals surface area (Å²) in [4.78, 5) is 22.8. The van der Waals surface area contributed by atoms with Crippen molar-refractivity contribution in [2.45, 2.75) is 13.0 Å². The molecule has 11 heteroatoms. The predicted octanol–water partition coefficient (Wildman–Crippen LogP) is 5.63. The maximum Gasteiger partial charge on any atom is 0.255 e. The van der Waals surface area contributed by atoms with Gasteiger partial charge in [0, 0.05) is 49.4 Å². The number of benzene rings is 2. The Morgan fingerprint density at radius 2 is 1.88 bits per heavy atom. The first kappa shape index (κ1) is 26.8. The van der Waals surface area contributed by atoms with E-state index in [2.05, 4.69) is 14.9 Å². The Bertz CT molecular complexity index is 2200. The molecule has 0 atom stereocenters. The number of halogens is 1. The minimum absolute atomic E-state index is 0.245. The van der Waals surface area contributed by atoms with Crippen LogP contribution in [0.1, 0.15) is 15.9 Å². The van der Waals surface area contributed by atoms with Crippen LogP contribution in [0.5, 0.6) is 0 Å². The molecule has 0 radical (unpaired) electrons. The smallest absolute Gasteiger partial charge is 0.255 e. The minimum atomic E-state index is -3.69. The molecule has 7 rings (SSSR count). The number of hydrogen-bond donors (Lipinski definition) is 1. The lowest BCUT2D eigenvalue weighted by Gasteiger charge is -2.22. The minimum Gasteiger partial charge on any atom is -0.455 e. The number of aromatic nitrogens is 3. The van der Waals surface area contributed by atoms with Crippen molar-refractivity contribution in [2.24, 2.45) is 0 Å². The van der Waals surface area contributed by atoms with Gasteiger partial charge in [-0.2, -0.15) is 0 Å². The number of anilines is 1. The van der Waals surface area contributed by atoms with Crippen LogP contribution in [0.15, 0.2) is 77.3 Å². The SMILES string of the molecule is CNC(=O)c1c(-c2ccc(F)cc2)oc2cc(N(C)S(C)(=O)=O)c(-c3ccc4c(n3)-c3cc5ncccc5n3CC4)cc12. The zero-order valence-electron chi connectivity index (χ0n) is 23.6. The summed E-state index contributed by atoms with van der Waals surface area (Å²) < 4.78 is 48.8. The molecule has 0 aliphatic carbocycles.